The largest absolute Gasteiger partial charge is 0.378 e. The van der Waals surface area contributed by atoms with Gasteiger partial charge in [-0.15, -0.1) is 0 Å². The first-order valence-corrected chi connectivity index (χ1v) is 7.17. The first-order chi connectivity index (χ1) is 9.31. The summed E-state index contributed by atoms with van der Waals surface area (Å²) in [6.07, 6.45) is 4.90. The number of aromatic nitrogens is 2. The summed E-state index contributed by atoms with van der Waals surface area (Å²) >= 11 is 0. The molecule has 1 atom stereocenters. The van der Waals surface area contributed by atoms with Crippen LogP contribution < -0.4 is 5.73 Å². The molecule has 0 amide bonds. The van der Waals surface area contributed by atoms with Crippen LogP contribution in [-0.2, 0) is 17.8 Å². The molecule has 2 heterocycles. The summed E-state index contributed by atoms with van der Waals surface area (Å²) in [5.41, 5.74) is 5.46. The summed E-state index contributed by atoms with van der Waals surface area (Å²) in [5.74, 6) is 1.24. The van der Waals surface area contributed by atoms with Gasteiger partial charge in [0.05, 0.1) is 19.2 Å². The average molecular weight is 268 g/mol. The van der Waals surface area contributed by atoms with Crippen molar-refractivity contribution >= 4 is 0 Å². The lowest BCUT2D eigenvalue weighted by molar-refractivity contribution is 0.0436. The van der Waals surface area contributed by atoms with E-state index in [1.807, 2.05) is 0 Å². The molecule has 1 unspecified atom stereocenters. The zero-order chi connectivity index (χ0) is 13.5. The summed E-state index contributed by atoms with van der Waals surface area (Å²) in [6, 6.07) is 0. The highest BCUT2D eigenvalue weighted by atomic mass is 16.5. The van der Waals surface area contributed by atoms with Crippen LogP contribution >= 0.6 is 0 Å². The van der Waals surface area contributed by atoms with Gasteiger partial charge in [0, 0.05) is 13.2 Å². The third-order valence-electron chi connectivity index (χ3n) is 3.38. The standard InChI is InChI=1S/C13H24N4O2/c1-2-8-18-11-4-3-6-17(7-5-11)10-12-15-13(9-14)19-16-12/h11H,2-10,14H2,1H3. The van der Waals surface area contributed by atoms with Gasteiger partial charge in [0.25, 0.3) is 0 Å². The lowest BCUT2D eigenvalue weighted by Gasteiger charge is -2.18. The van der Waals surface area contributed by atoms with Gasteiger partial charge in [0.1, 0.15) is 0 Å². The number of likely N-dealkylation sites (tertiary alicyclic amines) is 1. The van der Waals surface area contributed by atoms with Gasteiger partial charge in [0.15, 0.2) is 5.82 Å². The van der Waals surface area contributed by atoms with Gasteiger partial charge >= 0.3 is 0 Å². The lowest BCUT2D eigenvalue weighted by atomic mass is 10.2. The topological polar surface area (TPSA) is 77.4 Å². The van der Waals surface area contributed by atoms with Crippen LogP contribution in [0, 0.1) is 0 Å². The number of rotatable bonds is 6. The zero-order valence-electron chi connectivity index (χ0n) is 11.7. The molecule has 1 aliphatic heterocycles. The van der Waals surface area contributed by atoms with E-state index in [0.717, 1.165) is 57.7 Å². The van der Waals surface area contributed by atoms with Crippen molar-refractivity contribution in [3.8, 4) is 0 Å². The molecule has 0 aliphatic carbocycles. The molecule has 0 radical (unpaired) electrons. The second-order valence-corrected chi connectivity index (χ2v) is 5.01. The van der Waals surface area contributed by atoms with Gasteiger partial charge in [-0.2, -0.15) is 4.98 Å². The fraction of sp³-hybridized carbons (Fsp3) is 0.846. The van der Waals surface area contributed by atoms with Crippen molar-refractivity contribution in [3.63, 3.8) is 0 Å². The molecule has 1 aliphatic rings. The highest BCUT2D eigenvalue weighted by Crippen LogP contribution is 2.15. The molecule has 2 rings (SSSR count). The molecule has 1 fully saturated rings. The lowest BCUT2D eigenvalue weighted by Crippen LogP contribution is -2.25. The molecule has 1 aromatic rings. The van der Waals surface area contributed by atoms with Crippen LogP contribution in [0.5, 0.6) is 0 Å². The van der Waals surface area contributed by atoms with Gasteiger partial charge in [-0.05, 0) is 32.2 Å². The van der Waals surface area contributed by atoms with Gasteiger partial charge in [-0.3, -0.25) is 4.90 Å². The molecule has 0 spiro atoms. The first kappa shape index (κ1) is 14.4. The first-order valence-electron chi connectivity index (χ1n) is 7.17. The van der Waals surface area contributed by atoms with E-state index in [4.69, 9.17) is 15.0 Å². The van der Waals surface area contributed by atoms with E-state index in [9.17, 15) is 0 Å². The number of hydrogen-bond donors (Lipinski definition) is 1. The minimum absolute atomic E-state index is 0.305. The number of hydrogen-bond acceptors (Lipinski definition) is 6. The summed E-state index contributed by atoms with van der Waals surface area (Å²) in [6.45, 7) is 6.16. The molecular weight excluding hydrogens is 244 g/mol. The molecule has 2 N–H and O–H groups in total. The summed E-state index contributed by atoms with van der Waals surface area (Å²) in [7, 11) is 0. The Hall–Kier alpha value is -0.980. The van der Waals surface area contributed by atoms with Crippen LogP contribution in [0.25, 0.3) is 0 Å². The number of nitrogens with zero attached hydrogens (tertiary/aromatic N) is 3. The monoisotopic (exact) mass is 268 g/mol. The van der Waals surface area contributed by atoms with Crippen LogP contribution in [0.4, 0.5) is 0 Å². The molecule has 0 aromatic carbocycles. The van der Waals surface area contributed by atoms with E-state index in [1.54, 1.807) is 0 Å². The van der Waals surface area contributed by atoms with Gasteiger partial charge in [-0.25, -0.2) is 0 Å². The molecular formula is C13H24N4O2. The van der Waals surface area contributed by atoms with Crippen molar-refractivity contribution in [2.45, 2.75) is 51.8 Å². The van der Waals surface area contributed by atoms with Crippen molar-refractivity contribution in [1.82, 2.24) is 15.0 Å². The molecule has 6 nitrogen and oxygen atoms in total. The molecule has 0 saturated carbocycles. The summed E-state index contributed by atoms with van der Waals surface area (Å²) in [4.78, 5) is 6.61. The minimum Gasteiger partial charge on any atom is -0.378 e. The van der Waals surface area contributed by atoms with Crippen LogP contribution in [-0.4, -0.2) is 40.8 Å². The van der Waals surface area contributed by atoms with E-state index < -0.39 is 0 Å². The van der Waals surface area contributed by atoms with Crippen LogP contribution in [0.3, 0.4) is 0 Å². The quantitative estimate of drug-likeness (QED) is 0.838. The third-order valence-corrected chi connectivity index (χ3v) is 3.38. The Morgan fingerprint density at radius 2 is 2.32 bits per heavy atom. The summed E-state index contributed by atoms with van der Waals surface area (Å²) in [5, 5.41) is 3.94. The Bertz CT molecular complexity index is 369. The molecule has 19 heavy (non-hydrogen) atoms. The SMILES string of the molecule is CCCOC1CCCN(Cc2noc(CN)n2)CC1. The van der Waals surface area contributed by atoms with E-state index in [1.165, 1.54) is 0 Å². The van der Waals surface area contributed by atoms with E-state index in [0.29, 0.717) is 18.5 Å². The van der Waals surface area contributed by atoms with Crippen LogP contribution in [0.1, 0.15) is 44.3 Å². The highest BCUT2D eigenvalue weighted by Gasteiger charge is 2.18. The molecule has 108 valence electrons. The number of ether oxygens (including phenoxy) is 1. The number of nitrogens with two attached hydrogens (primary N) is 1. The van der Waals surface area contributed by atoms with E-state index in [2.05, 4.69) is 22.0 Å². The predicted octanol–water partition coefficient (Wildman–Crippen LogP) is 1.31. The molecule has 1 saturated heterocycles. The smallest absolute Gasteiger partial charge is 0.240 e. The normalized spacial score (nSPS) is 21.5. The third kappa shape index (κ3) is 4.56. The van der Waals surface area contributed by atoms with Gasteiger partial charge < -0.3 is 15.0 Å². The van der Waals surface area contributed by atoms with Gasteiger partial charge in [-0.1, -0.05) is 12.1 Å². The second kappa shape index (κ2) is 7.57. The second-order valence-electron chi connectivity index (χ2n) is 5.01. The Balaban J connectivity index is 1.78. The maximum Gasteiger partial charge on any atom is 0.240 e. The van der Waals surface area contributed by atoms with Crippen LogP contribution in [0.2, 0.25) is 0 Å². The Kier molecular flexibility index (Phi) is 5.75. The van der Waals surface area contributed by atoms with Crippen molar-refractivity contribution in [1.29, 1.82) is 0 Å². The zero-order valence-corrected chi connectivity index (χ0v) is 11.7. The Morgan fingerprint density at radius 3 is 3.05 bits per heavy atom. The molecule has 6 heteroatoms. The summed E-state index contributed by atoms with van der Waals surface area (Å²) < 4.78 is 10.9. The minimum atomic E-state index is 0.305. The van der Waals surface area contributed by atoms with Crippen molar-refractivity contribution < 1.29 is 9.26 Å². The maximum atomic E-state index is 5.84. The van der Waals surface area contributed by atoms with Crippen LogP contribution in [0.15, 0.2) is 4.52 Å². The van der Waals surface area contributed by atoms with Crippen molar-refractivity contribution in [2.24, 2.45) is 5.73 Å². The fourth-order valence-electron chi connectivity index (χ4n) is 2.37. The Labute approximate surface area is 114 Å². The van der Waals surface area contributed by atoms with Crippen molar-refractivity contribution in [2.75, 3.05) is 19.7 Å². The average Bonchev–Trinajstić information content (AvgIpc) is 2.76. The molecule has 0 bridgehead atoms. The predicted molar refractivity (Wildman–Crippen MR) is 71.3 cm³/mol. The van der Waals surface area contributed by atoms with E-state index in [-0.39, 0.29) is 0 Å². The van der Waals surface area contributed by atoms with Gasteiger partial charge in [0.2, 0.25) is 5.89 Å². The molecule has 1 aromatic heterocycles. The maximum absolute atomic E-state index is 5.84. The fourth-order valence-corrected chi connectivity index (χ4v) is 2.37. The Morgan fingerprint density at radius 1 is 1.42 bits per heavy atom. The van der Waals surface area contributed by atoms with E-state index >= 15 is 0 Å². The highest BCUT2D eigenvalue weighted by molar-refractivity contribution is 4.86. The van der Waals surface area contributed by atoms with Crippen molar-refractivity contribution in [3.05, 3.63) is 11.7 Å².